The third-order valence-electron chi connectivity index (χ3n) is 3.70. The average molecular weight is 491 g/mol. The first-order valence-corrected chi connectivity index (χ1v) is 9.72. The Morgan fingerprint density at radius 3 is 1.69 bits per heavy atom. The number of hydrogen-bond acceptors (Lipinski definition) is 4. The molecule has 0 saturated carbocycles. The lowest BCUT2D eigenvalue weighted by atomic mass is 9.78. The summed E-state index contributed by atoms with van der Waals surface area (Å²) in [6.07, 6.45) is 4.49. The monoisotopic (exact) mass is 488 g/mol. The van der Waals surface area contributed by atoms with Crippen LogP contribution in [0.15, 0.2) is 12.2 Å². The topological polar surface area (TPSA) is 76.7 Å². The molecule has 0 aromatic rings. The van der Waals surface area contributed by atoms with Crippen LogP contribution >= 0.6 is 69.6 Å². The van der Waals surface area contributed by atoms with Crippen LogP contribution in [0.4, 0.5) is 0 Å². The van der Waals surface area contributed by atoms with Crippen LogP contribution in [0.3, 0.4) is 0 Å². The van der Waals surface area contributed by atoms with E-state index in [2.05, 4.69) is 10.6 Å². The molecule has 0 saturated heterocycles. The van der Waals surface area contributed by atoms with E-state index in [9.17, 15) is 9.59 Å². The van der Waals surface area contributed by atoms with E-state index in [1.54, 1.807) is 0 Å². The van der Waals surface area contributed by atoms with Gasteiger partial charge in [0.1, 0.15) is 0 Å². The van der Waals surface area contributed by atoms with Gasteiger partial charge in [0.25, 0.3) is 0 Å². The number of amides is 2. The van der Waals surface area contributed by atoms with Crippen LogP contribution in [0.5, 0.6) is 0 Å². The van der Waals surface area contributed by atoms with E-state index in [4.69, 9.17) is 79.1 Å². The van der Waals surface area contributed by atoms with Crippen molar-refractivity contribution in [2.75, 3.05) is 13.2 Å². The SMILES string of the molecule is O=CNC(OCC1(COC(NC=O)C(Cl)(Cl)Cl)CC=CCC1)C(Cl)(Cl)Cl. The molecule has 0 fully saturated rings. The van der Waals surface area contributed by atoms with Crippen molar-refractivity contribution in [3.63, 3.8) is 0 Å². The van der Waals surface area contributed by atoms with E-state index in [1.165, 1.54) is 0 Å². The van der Waals surface area contributed by atoms with E-state index in [-0.39, 0.29) is 13.2 Å². The molecule has 2 amide bonds. The van der Waals surface area contributed by atoms with Gasteiger partial charge in [-0.3, -0.25) is 9.59 Å². The summed E-state index contributed by atoms with van der Waals surface area (Å²) in [6.45, 7) is 0.203. The summed E-state index contributed by atoms with van der Waals surface area (Å²) >= 11 is 34.8. The van der Waals surface area contributed by atoms with E-state index in [0.29, 0.717) is 25.7 Å². The summed E-state index contributed by atoms with van der Waals surface area (Å²) in [7, 11) is 0. The number of carbonyl (C=O) groups excluding carboxylic acids is 2. The number of nitrogens with one attached hydrogen (secondary N) is 2. The molecule has 0 aliphatic heterocycles. The zero-order chi connectivity index (χ0) is 19.8. The molecule has 0 spiro atoms. The van der Waals surface area contributed by atoms with Gasteiger partial charge in [0, 0.05) is 5.41 Å². The van der Waals surface area contributed by atoms with Crippen LogP contribution in [-0.2, 0) is 19.1 Å². The first kappa shape index (κ1) is 24.4. The summed E-state index contributed by atoms with van der Waals surface area (Å²) in [5, 5.41) is 4.62. The molecule has 2 N–H and O–H groups in total. The lowest BCUT2D eigenvalue weighted by molar-refractivity contribution is -0.120. The van der Waals surface area contributed by atoms with Gasteiger partial charge in [0.2, 0.25) is 20.4 Å². The molecule has 26 heavy (non-hydrogen) atoms. The third-order valence-corrected chi connectivity index (χ3v) is 4.89. The molecule has 12 heteroatoms. The van der Waals surface area contributed by atoms with Crippen molar-refractivity contribution in [3.8, 4) is 0 Å². The van der Waals surface area contributed by atoms with Crippen LogP contribution in [0, 0.1) is 5.41 Å². The van der Waals surface area contributed by atoms with E-state index in [0.717, 1.165) is 6.42 Å². The first-order chi connectivity index (χ1) is 12.0. The first-order valence-electron chi connectivity index (χ1n) is 7.45. The zero-order valence-corrected chi connectivity index (χ0v) is 17.9. The quantitative estimate of drug-likeness (QED) is 0.212. The Kier molecular flexibility index (Phi) is 10.1. The number of ether oxygens (including phenoxy) is 2. The smallest absolute Gasteiger partial charge is 0.234 e. The van der Waals surface area contributed by atoms with Gasteiger partial charge in [0.15, 0.2) is 12.5 Å². The summed E-state index contributed by atoms with van der Waals surface area (Å²) < 4.78 is 7.54. The number of carbonyl (C=O) groups is 2. The molecule has 2 atom stereocenters. The lowest BCUT2D eigenvalue weighted by Crippen LogP contribution is -2.48. The Bertz CT molecular complexity index is 463. The molecule has 0 heterocycles. The third kappa shape index (κ3) is 8.15. The molecule has 1 aliphatic carbocycles. The van der Waals surface area contributed by atoms with E-state index in [1.807, 2.05) is 12.2 Å². The predicted molar refractivity (Wildman–Crippen MR) is 104 cm³/mol. The Balaban J connectivity index is 2.82. The van der Waals surface area contributed by atoms with Crippen molar-refractivity contribution >= 4 is 82.4 Å². The molecule has 1 rings (SSSR count). The van der Waals surface area contributed by atoms with Gasteiger partial charge < -0.3 is 20.1 Å². The maximum Gasteiger partial charge on any atom is 0.234 e. The summed E-state index contributed by atoms with van der Waals surface area (Å²) in [4.78, 5) is 21.4. The highest BCUT2D eigenvalue weighted by Crippen LogP contribution is 2.38. The molecule has 2 unspecified atom stereocenters. The van der Waals surface area contributed by atoms with Gasteiger partial charge in [-0.1, -0.05) is 81.8 Å². The largest absolute Gasteiger partial charge is 0.353 e. The molecule has 6 nitrogen and oxygen atoms in total. The van der Waals surface area contributed by atoms with Crippen molar-refractivity contribution in [2.45, 2.75) is 39.3 Å². The standard InChI is InChI=1S/C14H18Cl6N2O4/c15-13(16,17)10(21-8-23)25-6-12(4-2-1-3-5-12)7-26-11(22-9-24)14(18,19)20/h1-2,8-11H,3-7H2,(H,21,23)(H,22,24). The molecule has 0 aromatic carbocycles. The summed E-state index contributed by atoms with van der Waals surface area (Å²) in [5.41, 5.74) is -0.522. The van der Waals surface area contributed by atoms with Crippen molar-refractivity contribution in [3.05, 3.63) is 12.2 Å². The number of alkyl halides is 6. The minimum Gasteiger partial charge on any atom is -0.353 e. The van der Waals surface area contributed by atoms with Crippen LogP contribution in [-0.4, -0.2) is 46.1 Å². The Morgan fingerprint density at radius 2 is 1.38 bits per heavy atom. The highest BCUT2D eigenvalue weighted by Gasteiger charge is 2.40. The fraction of sp³-hybridized carbons (Fsp3) is 0.714. The van der Waals surface area contributed by atoms with Crippen LogP contribution in [0.1, 0.15) is 19.3 Å². The van der Waals surface area contributed by atoms with Gasteiger partial charge in [-0.15, -0.1) is 0 Å². The number of rotatable bonds is 10. The minimum absolute atomic E-state index is 0.102. The molecular formula is C14H18Cl6N2O4. The summed E-state index contributed by atoms with van der Waals surface area (Å²) in [5.74, 6) is 0. The van der Waals surface area contributed by atoms with Crippen molar-refractivity contribution in [1.29, 1.82) is 0 Å². The second-order valence-electron chi connectivity index (χ2n) is 5.75. The maximum atomic E-state index is 10.7. The Labute approximate surface area is 181 Å². The lowest BCUT2D eigenvalue weighted by Gasteiger charge is -2.38. The van der Waals surface area contributed by atoms with Crippen LogP contribution in [0.2, 0.25) is 0 Å². The van der Waals surface area contributed by atoms with Crippen molar-refractivity contribution < 1.29 is 19.1 Å². The highest BCUT2D eigenvalue weighted by atomic mass is 35.6. The van der Waals surface area contributed by atoms with Crippen LogP contribution in [0.25, 0.3) is 0 Å². The van der Waals surface area contributed by atoms with Crippen molar-refractivity contribution in [2.24, 2.45) is 5.41 Å². The molecule has 0 bridgehead atoms. The molecule has 0 aromatic heterocycles. The predicted octanol–water partition coefficient (Wildman–Crippen LogP) is 3.63. The second kappa shape index (κ2) is 10.8. The second-order valence-corrected chi connectivity index (χ2v) is 10.5. The van der Waals surface area contributed by atoms with Crippen LogP contribution < -0.4 is 10.6 Å². The molecule has 1 aliphatic rings. The van der Waals surface area contributed by atoms with Crippen molar-refractivity contribution in [1.82, 2.24) is 10.6 Å². The van der Waals surface area contributed by atoms with Gasteiger partial charge in [-0.2, -0.15) is 0 Å². The number of halogens is 6. The number of hydrogen-bond donors (Lipinski definition) is 2. The summed E-state index contributed by atoms with van der Waals surface area (Å²) in [6, 6.07) is 0. The fourth-order valence-electron chi connectivity index (χ4n) is 2.36. The molecule has 150 valence electrons. The normalized spacial score (nSPS) is 23.2. The van der Waals surface area contributed by atoms with Gasteiger partial charge in [-0.05, 0) is 19.3 Å². The average Bonchev–Trinajstić information content (AvgIpc) is 2.54. The Morgan fingerprint density at radius 1 is 0.923 bits per heavy atom. The number of allylic oxidation sites excluding steroid dienone is 2. The van der Waals surface area contributed by atoms with Gasteiger partial charge >= 0.3 is 0 Å². The Hall–Kier alpha value is 0.340. The fourth-order valence-corrected chi connectivity index (χ4v) is 3.12. The molecule has 0 radical (unpaired) electrons. The minimum atomic E-state index is -1.85. The highest BCUT2D eigenvalue weighted by molar-refractivity contribution is 6.68. The zero-order valence-electron chi connectivity index (χ0n) is 13.4. The van der Waals surface area contributed by atoms with E-state index >= 15 is 0 Å². The maximum absolute atomic E-state index is 10.7. The van der Waals surface area contributed by atoms with Gasteiger partial charge in [-0.25, -0.2) is 0 Å². The van der Waals surface area contributed by atoms with E-state index < -0.39 is 25.5 Å². The molecular weight excluding hydrogens is 473 g/mol. The van der Waals surface area contributed by atoms with Gasteiger partial charge in [0.05, 0.1) is 13.2 Å².